The van der Waals surface area contributed by atoms with Gasteiger partial charge in [0.2, 0.25) is 0 Å². The smallest absolute Gasteiger partial charge is 0.0280 e. The zero-order valence-corrected chi connectivity index (χ0v) is 12.3. The van der Waals surface area contributed by atoms with Gasteiger partial charge in [-0.15, -0.1) is 0 Å². The Hall–Kier alpha value is -1.30. The maximum atomic E-state index is 2.48. The molecule has 0 radical (unpaired) electrons. The summed E-state index contributed by atoms with van der Waals surface area (Å²) in [6.45, 7) is 9.44. The molecule has 1 aromatic carbocycles. The maximum absolute atomic E-state index is 2.48. The number of hydrogen-bond donors (Lipinski definition) is 0. The minimum atomic E-state index is 0.297. The summed E-state index contributed by atoms with van der Waals surface area (Å²) in [5, 5.41) is 0. The fourth-order valence-corrected chi connectivity index (χ4v) is 4.69. The Morgan fingerprint density at radius 3 is 2.58 bits per heavy atom. The van der Waals surface area contributed by atoms with Gasteiger partial charge in [0.05, 0.1) is 0 Å². The summed E-state index contributed by atoms with van der Waals surface area (Å²) in [4.78, 5) is 0. The van der Waals surface area contributed by atoms with Gasteiger partial charge in [-0.25, -0.2) is 0 Å². The highest BCUT2D eigenvalue weighted by Gasteiger charge is 2.74. The molecule has 3 aliphatic rings. The third kappa shape index (κ3) is 1.12. The first kappa shape index (κ1) is 11.5. The molecule has 1 saturated carbocycles. The fraction of sp³-hybridized carbons (Fsp3) is 0.474. The van der Waals surface area contributed by atoms with Crippen molar-refractivity contribution in [1.29, 1.82) is 0 Å². The van der Waals surface area contributed by atoms with Crippen molar-refractivity contribution in [2.45, 2.75) is 39.0 Å². The van der Waals surface area contributed by atoms with Crippen LogP contribution in [0.5, 0.6) is 0 Å². The molecular formula is C19H22. The summed E-state index contributed by atoms with van der Waals surface area (Å²) in [5.74, 6) is 2.15. The van der Waals surface area contributed by atoms with Crippen molar-refractivity contribution in [3.8, 4) is 0 Å². The van der Waals surface area contributed by atoms with Crippen LogP contribution >= 0.6 is 0 Å². The molecule has 0 aromatic heterocycles. The highest BCUT2D eigenvalue weighted by atomic mass is 14.8. The predicted octanol–water partition coefficient (Wildman–Crippen LogP) is 4.81. The number of fused-ring (bicyclic) bond motifs is 2. The molecule has 0 aliphatic heterocycles. The number of benzene rings is 1. The van der Waals surface area contributed by atoms with E-state index in [1.807, 2.05) is 0 Å². The van der Waals surface area contributed by atoms with Gasteiger partial charge in [0.25, 0.3) is 0 Å². The third-order valence-electron chi connectivity index (χ3n) is 6.13. The molecule has 0 saturated heterocycles. The van der Waals surface area contributed by atoms with Crippen molar-refractivity contribution < 1.29 is 0 Å². The molecule has 98 valence electrons. The van der Waals surface area contributed by atoms with Gasteiger partial charge in [-0.3, -0.25) is 0 Å². The number of hydrogen-bond acceptors (Lipinski definition) is 0. The van der Waals surface area contributed by atoms with Gasteiger partial charge in [0, 0.05) is 10.8 Å². The van der Waals surface area contributed by atoms with Gasteiger partial charge in [0.15, 0.2) is 0 Å². The Morgan fingerprint density at radius 2 is 1.89 bits per heavy atom. The zero-order valence-electron chi connectivity index (χ0n) is 12.3. The van der Waals surface area contributed by atoms with E-state index in [0.29, 0.717) is 16.7 Å². The van der Waals surface area contributed by atoms with Gasteiger partial charge in [0.1, 0.15) is 0 Å². The van der Waals surface area contributed by atoms with E-state index in [1.165, 1.54) is 5.56 Å². The molecule has 3 unspecified atom stereocenters. The molecule has 0 amide bonds. The molecule has 1 aromatic rings. The lowest BCUT2D eigenvalue weighted by Crippen LogP contribution is -2.22. The molecule has 4 atom stereocenters. The van der Waals surface area contributed by atoms with Gasteiger partial charge < -0.3 is 0 Å². The standard InChI is InChI=1S/C19H22/c1-12(2)14-8-9-16-17(11-14)18(16,4)19-10-6-5-7-15(19)13(19)3/h5-13,15H,1-4H3/t13-,15?,18?,19?/m1/s1. The highest BCUT2D eigenvalue weighted by molar-refractivity contribution is 5.67. The molecule has 4 rings (SSSR count). The molecule has 19 heavy (non-hydrogen) atoms. The summed E-state index contributed by atoms with van der Waals surface area (Å²) in [6.07, 6.45) is 9.38. The zero-order chi connectivity index (χ0) is 13.4. The van der Waals surface area contributed by atoms with Crippen LogP contribution in [0.1, 0.15) is 50.3 Å². The lowest BCUT2D eigenvalue weighted by Gasteiger charge is -2.24. The van der Waals surface area contributed by atoms with Crippen LogP contribution < -0.4 is 0 Å². The Labute approximate surface area is 116 Å². The normalized spacial score (nSPS) is 41.1. The molecule has 0 nitrogen and oxygen atoms in total. The molecule has 0 heteroatoms. The Kier molecular flexibility index (Phi) is 1.96. The minimum absolute atomic E-state index is 0.297. The molecule has 0 spiro atoms. The van der Waals surface area contributed by atoms with Crippen LogP contribution in [0.3, 0.4) is 0 Å². The van der Waals surface area contributed by atoms with Gasteiger partial charge in [-0.2, -0.15) is 0 Å². The Morgan fingerprint density at radius 1 is 1.11 bits per heavy atom. The summed E-state index contributed by atoms with van der Waals surface area (Å²) in [6, 6.07) is 7.17. The second kappa shape index (κ2) is 3.23. The van der Waals surface area contributed by atoms with E-state index in [-0.39, 0.29) is 0 Å². The minimum Gasteiger partial charge on any atom is -0.0802 e. The van der Waals surface area contributed by atoms with Crippen molar-refractivity contribution in [3.05, 3.63) is 59.2 Å². The summed E-state index contributed by atoms with van der Waals surface area (Å²) in [5.41, 5.74) is 5.35. The van der Waals surface area contributed by atoms with E-state index in [0.717, 1.165) is 11.8 Å². The monoisotopic (exact) mass is 250 g/mol. The molecule has 0 heterocycles. The second-order valence-electron chi connectivity index (χ2n) is 7.08. The second-order valence-corrected chi connectivity index (χ2v) is 7.08. The van der Waals surface area contributed by atoms with Crippen LogP contribution in [0, 0.1) is 17.3 Å². The van der Waals surface area contributed by atoms with E-state index in [2.05, 4.69) is 70.2 Å². The Bertz CT molecular complexity index is 619. The summed E-state index contributed by atoms with van der Waals surface area (Å²) >= 11 is 0. The average molecular weight is 250 g/mol. The van der Waals surface area contributed by atoms with E-state index in [9.17, 15) is 0 Å². The fourth-order valence-electron chi connectivity index (χ4n) is 4.69. The first-order chi connectivity index (χ1) is 9.03. The highest BCUT2D eigenvalue weighted by Crippen LogP contribution is 2.78. The van der Waals surface area contributed by atoms with E-state index in [1.54, 1.807) is 11.1 Å². The van der Waals surface area contributed by atoms with E-state index >= 15 is 0 Å². The SMILES string of the molecule is CC(C)c1ccc2c(c1)C2(C)C12C=CC=CC1[C@H]2C. The van der Waals surface area contributed by atoms with Crippen LogP contribution in [-0.4, -0.2) is 0 Å². The van der Waals surface area contributed by atoms with E-state index < -0.39 is 0 Å². The quantitative estimate of drug-likeness (QED) is 0.706. The molecular weight excluding hydrogens is 228 g/mol. The van der Waals surface area contributed by atoms with E-state index in [4.69, 9.17) is 0 Å². The van der Waals surface area contributed by atoms with Gasteiger partial charge >= 0.3 is 0 Å². The molecule has 0 bridgehead atoms. The first-order valence-corrected chi connectivity index (χ1v) is 7.54. The topological polar surface area (TPSA) is 0 Å². The largest absolute Gasteiger partial charge is 0.0802 e. The Balaban J connectivity index is 1.78. The summed E-state index contributed by atoms with van der Waals surface area (Å²) in [7, 11) is 0. The maximum Gasteiger partial charge on any atom is 0.0280 e. The molecule has 0 N–H and O–H groups in total. The van der Waals surface area contributed by atoms with Crippen LogP contribution in [0.2, 0.25) is 0 Å². The van der Waals surface area contributed by atoms with Gasteiger partial charge in [-0.1, -0.05) is 70.2 Å². The molecule has 1 fully saturated rings. The average Bonchev–Trinajstić information content (AvgIpc) is 3.25. The number of allylic oxidation sites excluding steroid dienone is 4. The van der Waals surface area contributed by atoms with Crippen molar-refractivity contribution in [1.82, 2.24) is 0 Å². The first-order valence-electron chi connectivity index (χ1n) is 7.54. The predicted molar refractivity (Wildman–Crippen MR) is 80.4 cm³/mol. The number of rotatable bonds is 2. The van der Waals surface area contributed by atoms with Crippen molar-refractivity contribution in [3.63, 3.8) is 0 Å². The van der Waals surface area contributed by atoms with Crippen molar-refractivity contribution in [2.75, 3.05) is 0 Å². The van der Waals surface area contributed by atoms with Crippen LogP contribution in [0.4, 0.5) is 0 Å². The van der Waals surface area contributed by atoms with Crippen LogP contribution in [0.25, 0.3) is 0 Å². The third-order valence-corrected chi connectivity index (χ3v) is 6.13. The lowest BCUT2D eigenvalue weighted by atomic mass is 9.78. The van der Waals surface area contributed by atoms with Gasteiger partial charge in [-0.05, 0) is 34.4 Å². The summed E-state index contributed by atoms with van der Waals surface area (Å²) < 4.78 is 0. The van der Waals surface area contributed by atoms with Crippen molar-refractivity contribution >= 4 is 0 Å². The van der Waals surface area contributed by atoms with Crippen LogP contribution in [-0.2, 0) is 5.41 Å². The van der Waals surface area contributed by atoms with Crippen LogP contribution in [0.15, 0.2) is 42.5 Å². The van der Waals surface area contributed by atoms with Crippen molar-refractivity contribution in [2.24, 2.45) is 17.3 Å². The lowest BCUT2D eigenvalue weighted by molar-refractivity contribution is 0.424. The molecule has 3 aliphatic carbocycles.